The molecule has 2 atom stereocenters. The maximum Gasteiger partial charge on any atom is 0.329 e. The van der Waals surface area contributed by atoms with Crippen molar-refractivity contribution in [3.05, 3.63) is 0 Å². The fourth-order valence-electron chi connectivity index (χ4n) is 1.74. The maximum atomic E-state index is 11.7. The van der Waals surface area contributed by atoms with Crippen LogP contribution in [0.5, 0.6) is 0 Å². The van der Waals surface area contributed by atoms with Crippen LogP contribution in [0.4, 0.5) is 0 Å². The number of rotatable bonds is 8. The minimum atomic E-state index is -1.17. The zero-order chi connectivity index (χ0) is 13.5. The average molecular weight is 245 g/mol. The Morgan fingerprint density at radius 3 is 2.47 bits per heavy atom. The average Bonchev–Trinajstić information content (AvgIpc) is 2.17. The second-order valence-corrected chi connectivity index (χ2v) is 4.70. The van der Waals surface area contributed by atoms with Gasteiger partial charge in [-0.15, -0.1) is 0 Å². The molecule has 100 valence electrons. The van der Waals surface area contributed by atoms with Gasteiger partial charge in [0.2, 0.25) is 5.91 Å². The lowest BCUT2D eigenvalue weighted by molar-refractivity contribution is -0.147. The minimum Gasteiger partial charge on any atom is -0.480 e. The first kappa shape index (κ1) is 15.9. The third-order valence-electron chi connectivity index (χ3n) is 2.62. The molecule has 1 amide bonds. The molecular formula is C12H23NO4. The van der Waals surface area contributed by atoms with Gasteiger partial charge >= 0.3 is 5.97 Å². The molecule has 0 fully saturated rings. The highest BCUT2D eigenvalue weighted by Gasteiger charge is 2.33. The Labute approximate surface area is 103 Å². The number of hydrogen-bond donors (Lipinski definition) is 2. The van der Waals surface area contributed by atoms with Crippen molar-refractivity contribution in [3.63, 3.8) is 0 Å². The summed E-state index contributed by atoms with van der Waals surface area (Å²) in [6, 6.07) is 0. The quantitative estimate of drug-likeness (QED) is 0.678. The van der Waals surface area contributed by atoms with Crippen LogP contribution in [0.15, 0.2) is 0 Å². The molecule has 0 aliphatic rings. The molecule has 17 heavy (non-hydrogen) atoms. The van der Waals surface area contributed by atoms with E-state index in [1.165, 1.54) is 6.92 Å². The van der Waals surface area contributed by atoms with E-state index in [1.54, 1.807) is 7.11 Å². The van der Waals surface area contributed by atoms with Crippen LogP contribution < -0.4 is 5.32 Å². The maximum absolute atomic E-state index is 11.7. The highest BCUT2D eigenvalue weighted by atomic mass is 16.5. The van der Waals surface area contributed by atoms with Crippen LogP contribution in [0.3, 0.4) is 0 Å². The van der Waals surface area contributed by atoms with Gasteiger partial charge in [0.15, 0.2) is 0 Å². The number of nitrogens with one attached hydrogen (secondary N) is 1. The zero-order valence-electron chi connectivity index (χ0n) is 11.1. The summed E-state index contributed by atoms with van der Waals surface area (Å²) in [5.74, 6) is -1.15. The smallest absolute Gasteiger partial charge is 0.329 e. The van der Waals surface area contributed by atoms with Gasteiger partial charge in [0.05, 0.1) is 0 Å². The van der Waals surface area contributed by atoms with Gasteiger partial charge < -0.3 is 15.2 Å². The standard InChI is InChI=1S/C12H23NO4/c1-5-6-12(3,11(15)16)13-10(14)7-9(2)8-17-4/h9H,5-8H2,1-4H3,(H,13,14)(H,15,16). The van der Waals surface area contributed by atoms with Crippen molar-refractivity contribution in [3.8, 4) is 0 Å². The van der Waals surface area contributed by atoms with Crippen molar-refractivity contribution in [2.45, 2.75) is 45.6 Å². The third kappa shape index (κ3) is 5.68. The molecule has 0 bridgehead atoms. The molecule has 0 saturated heterocycles. The van der Waals surface area contributed by atoms with Crippen LogP contribution in [0.2, 0.25) is 0 Å². The molecule has 0 saturated carbocycles. The number of aliphatic carboxylic acids is 1. The molecule has 0 radical (unpaired) electrons. The summed E-state index contributed by atoms with van der Waals surface area (Å²) in [5, 5.41) is 11.7. The summed E-state index contributed by atoms with van der Waals surface area (Å²) in [6.45, 7) is 5.81. The summed E-state index contributed by atoms with van der Waals surface area (Å²) in [4.78, 5) is 22.8. The Morgan fingerprint density at radius 1 is 1.47 bits per heavy atom. The van der Waals surface area contributed by atoms with E-state index in [4.69, 9.17) is 9.84 Å². The van der Waals surface area contributed by atoms with Crippen LogP contribution >= 0.6 is 0 Å². The van der Waals surface area contributed by atoms with Gasteiger partial charge in [-0.25, -0.2) is 4.79 Å². The largest absolute Gasteiger partial charge is 0.480 e. The van der Waals surface area contributed by atoms with Crippen LogP contribution in [-0.4, -0.2) is 36.2 Å². The number of amides is 1. The van der Waals surface area contributed by atoms with Gasteiger partial charge in [-0.3, -0.25) is 4.79 Å². The Bertz CT molecular complexity index is 267. The molecular weight excluding hydrogens is 222 g/mol. The third-order valence-corrected chi connectivity index (χ3v) is 2.62. The second kappa shape index (κ2) is 7.27. The summed E-state index contributed by atoms with van der Waals surface area (Å²) < 4.78 is 4.93. The highest BCUT2D eigenvalue weighted by Crippen LogP contribution is 2.14. The normalized spacial score (nSPS) is 16.0. The van der Waals surface area contributed by atoms with Crippen molar-refractivity contribution < 1.29 is 19.4 Å². The summed E-state index contributed by atoms with van der Waals surface area (Å²) in [5.41, 5.74) is -1.17. The lowest BCUT2D eigenvalue weighted by Gasteiger charge is -2.26. The molecule has 0 spiro atoms. The molecule has 0 aliphatic carbocycles. The highest BCUT2D eigenvalue weighted by molar-refractivity contribution is 5.86. The Balaban J connectivity index is 4.36. The topological polar surface area (TPSA) is 75.6 Å². The first-order valence-electron chi connectivity index (χ1n) is 5.89. The molecule has 5 nitrogen and oxygen atoms in total. The number of ether oxygens (including phenoxy) is 1. The second-order valence-electron chi connectivity index (χ2n) is 4.70. The van der Waals surface area contributed by atoms with Crippen molar-refractivity contribution in [1.82, 2.24) is 5.32 Å². The Morgan fingerprint density at radius 2 is 2.06 bits per heavy atom. The van der Waals surface area contributed by atoms with E-state index < -0.39 is 11.5 Å². The number of carbonyl (C=O) groups excluding carboxylic acids is 1. The van der Waals surface area contributed by atoms with Crippen molar-refractivity contribution in [2.24, 2.45) is 5.92 Å². The predicted molar refractivity (Wildman–Crippen MR) is 64.7 cm³/mol. The van der Waals surface area contributed by atoms with Gasteiger partial charge in [-0.2, -0.15) is 0 Å². The monoisotopic (exact) mass is 245 g/mol. The first-order chi connectivity index (χ1) is 7.85. The predicted octanol–water partition coefficient (Wildman–Crippen LogP) is 1.42. The molecule has 5 heteroatoms. The van der Waals surface area contributed by atoms with E-state index in [0.717, 1.165) is 0 Å². The SMILES string of the molecule is CCCC(C)(NC(=O)CC(C)COC)C(=O)O. The van der Waals surface area contributed by atoms with Gasteiger partial charge in [-0.1, -0.05) is 20.3 Å². The van der Waals surface area contributed by atoms with E-state index in [9.17, 15) is 9.59 Å². The number of carboxylic acid groups (broad SMARTS) is 1. The van der Waals surface area contributed by atoms with E-state index >= 15 is 0 Å². The zero-order valence-corrected chi connectivity index (χ0v) is 11.1. The van der Waals surface area contributed by atoms with Gasteiger partial charge in [0.1, 0.15) is 5.54 Å². The van der Waals surface area contributed by atoms with Crippen LogP contribution in [-0.2, 0) is 14.3 Å². The first-order valence-corrected chi connectivity index (χ1v) is 5.89. The fraction of sp³-hybridized carbons (Fsp3) is 0.833. The molecule has 0 aliphatic heterocycles. The molecule has 0 rings (SSSR count). The Kier molecular flexibility index (Phi) is 6.80. The lowest BCUT2D eigenvalue weighted by atomic mass is 9.95. The molecule has 2 unspecified atom stereocenters. The minimum absolute atomic E-state index is 0.0830. The van der Waals surface area contributed by atoms with Gasteiger partial charge in [0, 0.05) is 20.1 Å². The van der Waals surface area contributed by atoms with Crippen molar-refractivity contribution in [2.75, 3.05) is 13.7 Å². The molecule has 0 aromatic carbocycles. The number of carboxylic acids is 1. The van der Waals surface area contributed by atoms with Crippen molar-refractivity contribution in [1.29, 1.82) is 0 Å². The summed E-state index contributed by atoms with van der Waals surface area (Å²) in [7, 11) is 1.58. The van der Waals surface area contributed by atoms with E-state index in [0.29, 0.717) is 19.4 Å². The van der Waals surface area contributed by atoms with Crippen LogP contribution in [0.25, 0.3) is 0 Å². The number of hydrogen-bond acceptors (Lipinski definition) is 3. The van der Waals surface area contributed by atoms with Crippen molar-refractivity contribution >= 4 is 11.9 Å². The van der Waals surface area contributed by atoms with E-state index in [-0.39, 0.29) is 18.2 Å². The summed E-state index contributed by atoms with van der Waals surface area (Å²) >= 11 is 0. The van der Waals surface area contributed by atoms with Gasteiger partial charge in [-0.05, 0) is 19.3 Å². The summed E-state index contributed by atoms with van der Waals surface area (Å²) in [6.07, 6.45) is 1.41. The lowest BCUT2D eigenvalue weighted by Crippen LogP contribution is -2.52. The molecule has 0 aromatic rings. The van der Waals surface area contributed by atoms with Crippen LogP contribution in [0, 0.1) is 5.92 Å². The number of carbonyl (C=O) groups is 2. The van der Waals surface area contributed by atoms with E-state index in [1.807, 2.05) is 13.8 Å². The van der Waals surface area contributed by atoms with Crippen LogP contribution in [0.1, 0.15) is 40.0 Å². The van der Waals surface area contributed by atoms with E-state index in [2.05, 4.69) is 5.32 Å². The number of methoxy groups -OCH3 is 1. The fourth-order valence-corrected chi connectivity index (χ4v) is 1.74. The van der Waals surface area contributed by atoms with Gasteiger partial charge in [0.25, 0.3) is 0 Å². The Hall–Kier alpha value is -1.10. The molecule has 0 aromatic heterocycles. The molecule has 0 heterocycles. The molecule has 2 N–H and O–H groups in total.